The van der Waals surface area contributed by atoms with Gasteiger partial charge in [-0.2, -0.15) is 18.7 Å². The number of fused-ring (bicyclic) bond motifs is 1. The molecule has 0 radical (unpaired) electrons. The van der Waals surface area contributed by atoms with Crippen molar-refractivity contribution >= 4 is 38.3 Å². The molecule has 0 aliphatic rings. The van der Waals surface area contributed by atoms with Crippen molar-refractivity contribution in [2.24, 2.45) is 0 Å². The van der Waals surface area contributed by atoms with Gasteiger partial charge in [-0.3, -0.25) is 0 Å². The van der Waals surface area contributed by atoms with Crippen LogP contribution in [0.1, 0.15) is 19.9 Å². The Morgan fingerprint density at radius 1 is 1.09 bits per heavy atom. The van der Waals surface area contributed by atoms with Gasteiger partial charge in [-0.05, 0) is 49.7 Å². The number of nitrogen functional groups attached to an aromatic ring is 1. The molecule has 0 aliphatic carbocycles. The second kappa shape index (κ2) is 9.10. The highest BCUT2D eigenvalue weighted by Gasteiger charge is 2.20. The van der Waals surface area contributed by atoms with E-state index in [-0.39, 0.29) is 34.1 Å². The molecule has 0 bridgehead atoms. The van der Waals surface area contributed by atoms with E-state index in [0.717, 1.165) is 12.3 Å². The zero-order valence-electron chi connectivity index (χ0n) is 19.0. The first-order valence-electron chi connectivity index (χ1n) is 10.4. The van der Waals surface area contributed by atoms with Crippen LogP contribution in [-0.2, 0) is 9.84 Å². The monoisotopic (exact) mass is 505 g/mol. The summed E-state index contributed by atoms with van der Waals surface area (Å²) in [6, 6.07) is 9.55. The van der Waals surface area contributed by atoms with Crippen LogP contribution in [0.3, 0.4) is 0 Å². The van der Waals surface area contributed by atoms with Crippen molar-refractivity contribution in [1.29, 1.82) is 0 Å². The molecule has 2 aromatic heterocycles. The van der Waals surface area contributed by atoms with Gasteiger partial charge in [0.05, 0.1) is 16.0 Å². The number of aromatic nitrogens is 3. The topological polar surface area (TPSA) is 112 Å². The predicted octanol–water partition coefficient (Wildman–Crippen LogP) is 5.15. The molecule has 184 valence electrons. The van der Waals surface area contributed by atoms with E-state index in [0.29, 0.717) is 22.2 Å². The van der Waals surface area contributed by atoms with Crippen LogP contribution in [0.25, 0.3) is 22.2 Å². The Morgan fingerprint density at radius 2 is 1.77 bits per heavy atom. The molecule has 2 heterocycles. The zero-order chi connectivity index (χ0) is 25.5. The number of rotatable bonds is 7. The summed E-state index contributed by atoms with van der Waals surface area (Å²) in [6.07, 6.45) is 2.82. The highest BCUT2D eigenvalue weighted by atomic mass is 32.2. The summed E-state index contributed by atoms with van der Waals surface area (Å²) >= 11 is 0. The molecular formula is C23H22F3N5O3S. The van der Waals surface area contributed by atoms with Crippen molar-refractivity contribution in [2.45, 2.75) is 31.4 Å². The van der Waals surface area contributed by atoms with Crippen molar-refractivity contribution in [3.05, 3.63) is 54.5 Å². The quantitative estimate of drug-likeness (QED) is 0.357. The standard InChI is InChI=1S/C23H22F3N5O3S/c1-12(2)31-11-16(13-4-6-14(7-5-13)34-22(25)26)19-20(27)29-23(30-21(19)31)28-18-9-8-15(10-17(18)24)35(3,32)33/h4-12,22H,1-3H3,(H3,27,28,29,30). The molecule has 3 N–H and O–H groups in total. The number of hydrogen-bond acceptors (Lipinski definition) is 7. The molecule has 0 saturated carbocycles. The number of ether oxygens (including phenoxy) is 1. The van der Waals surface area contributed by atoms with Gasteiger partial charge in [0, 0.05) is 24.1 Å². The summed E-state index contributed by atoms with van der Waals surface area (Å²) < 4.78 is 69.1. The van der Waals surface area contributed by atoms with E-state index < -0.39 is 22.3 Å². The summed E-state index contributed by atoms with van der Waals surface area (Å²) in [5.41, 5.74) is 8.11. The van der Waals surface area contributed by atoms with Crippen LogP contribution in [0.5, 0.6) is 5.75 Å². The fraction of sp³-hybridized carbons (Fsp3) is 0.217. The van der Waals surface area contributed by atoms with Crippen LogP contribution in [0.15, 0.2) is 53.6 Å². The largest absolute Gasteiger partial charge is 0.435 e. The summed E-state index contributed by atoms with van der Waals surface area (Å²) in [4.78, 5) is 8.62. The molecule has 0 unspecified atom stereocenters. The number of nitrogens with two attached hydrogens (primary N) is 1. The van der Waals surface area contributed by atoms with Crippen LogP contribution in [0, 0.1) is 5.82 Å². The molecule has 0 fully saturated rings. The van der Waals surface area contributed by atoms with E-state index in [9.17, 15) is 21.6 Å². The van der Waals surface area contributed by atoms with Gasteiger partial charge in [-0.1, -0.05) is 12.1 Å². The Hall–Kier alpha value is -3.80. The summed E-state index contributed by atoms with van der Waals surface area (Å²) in [5, 5.41) is 3.29. The van der Waals surface area contributed by atoms with Gasteiger partial charge >= 0.3 is 6.61 Å². The molecule has 0 aliphatic heterocycles. The third-order valence-corrected chi connectivity index (χ3v) is 6.37. The second-order valence-electron chi connectivity index (χ2n) is 8.12. The average molecular weight is 506 g/mol. The number of alkyl halides is 2. The van der Waals surface area contributed by atoms with E-state index in [2.05, 4.69) is 20.0 Å². The maximum absolute atomic E-state index is 14.5. The minimum Gasteiger partial charge on any atom is -0.435 e. The van der Waals surface area contributed by atoms with E-state index in [4.69, 9.17) is 5.73 Å². The van der Waals surface area contributed by atoms with E-state index in [1.165, 1.54) is 24.3 Å². The summed E-state index contributed by atoms with van der Waals surface area (Å²) in [5.74, 6) is -0.626. The maximum atomic E-state index is 14.5. The van der Waals surface area contributed by atoms with Gasteiger partial charge in [0.25, 0.3) is 0 Å². The van der Waals surface area contributed by atoms with Crippen molar-refractivity contribution in [1.82, 2.24) is 14.5 Å². The highest BCUT2D eigenvalue weighted by Crippen LogP contribution is 2.36. The first-order chi connectivity index (χ1) is 16.4. The van der Waals surface area contributed by atoms with Crippen LogP contribution in [-0.4, -0.2) is 35.8 Å². The van der Waals surface area contributed by atoms with Crippen LogP contribution < -0.4 is 15.8 Å². The Bertz CT molecular complexity index is 1500. The van der Waals surface area contributed by atoms with Crippen molar-refractivity contribution in [3.63, 3.8) is 0 Å². The predicted molar refractivity (Wildman–Crippen MR) is 127 cm³/mol. The molecule has 4 aromatic rings. The fourth-order valence-electron chi connectivity index (χ4n) is 3.61. The number of nitrogens with one attached hydrogen (secondary N) is 1. The fourth-order valence-corrected chi connectivity index (χ4v) is 4.24. The minimum atomic E-state index is -3.57. The van der Waals surface area contributed by atoms with Crippen LogP contribution in [0.4, 0.5) is 30.6 Å². The lowest BCUT2D eigenvalue weighted by molar-refractivity contribution is -0.0498. The Balaban J connectivity index is 1.76. The molecular weight excluding hydrogens is 483 g/mol. The Morgan fingerprint density at radius 3 is 2.34 bits per heavy atom. The van der Waals surface area contributed by atoms with Crippen LogP contribution in [0.2, 0.25) is 0 Å². The molecule has 0 spiro atoms. The lowest BCUT2D eigenvalue weighted by atomic mass is 10.1. The van der Waals surface area contributed by atoms with Crippen LogP contribution >= 0.6 is 0 Å². The van der Waals surface area contributed by atoms with Gasteiger partial charge in [-0.25, -0.2) is 12.8 Å². The molecule has 4 rings (SSSR count). The van der Waals surface area contributed by atoms with Gasteiger partial charge in [0.15, 0.2) is 9.84 Å². The average Bonchev–Trinajstić information content (AvgIpc) is 3.15. The third kappa shape index (κ3) is 5.02. The minimum absolute atomic E-state index is 0.0198. The number of sulfone groups is 1. The molecule has 0 atom stereocenters. The second-order valence-corrected chi connectivity index (χ2v) is 10.1. The van der Waals surface area contributed by atoms with E-state index in [1.807, 2.05) is 24.6 Å². The van der Waals surface area contributed by atoms with Crippen molar-refractivity contribution in [2.75, 3.05) is 17.3 Å². The Labute approximate surface area is 199 Å². The van der Waals surface area contributed by atoms with Gasteiger partial charge in [0.1, 0.15) is 23.0 Å². The highest BCUT2D eigenvalue weighted by molar-refractivity contribution is 7.90. The third-order valence-electron chi connectivity index (χ3n) is 5.26. The number of nitrogens with zero attached hydrogens (tertiary/aromatic N) is 3. The molecule has 0 saturated heterocycles. The summed E-state index contributed by atoms with van der Waals surface area (Å²) in [7, 11) is -3.57. The first-order valence-corrected chi connectivity index (χ1v) is 12.3. The lowest BCUT2D eigenvalue weighted by Crippen LogP contribution is -2.06. The lowest BCUT2D eigenvalue weighted by Gasteiger charge is -2.11. The number of benzene rings is 2. The Kier molecular flexibility index (Phi) is 6.32. The zero-order valence-corrected chi connectivity index (χ0v) is 19.8. The number of hydrogen-bond donors (Lipinski definition) is 2. The van der Waals surface area contributed by atoms with Gasteiger partial charge < -0.3 is 20.4 Å². The normalized spacial score (nSPS) is 12.0. The number of halogens is 3. The molecule has 0 amide bonds. The van der Waals surface area contributed by atoms with E-state index in [1.54, 1.807) is 12.1 Å². The maximum Gasteiger partial charge on any atom is 0.387 e. The number of anilines is 3. The molecule has 2 aromatic carbocycles. The van der Waals surface area contributed by atoms with Crippen molar-refractivity contribution in [3.8, 4) is 16.9 Å². The first kappa shape index (κ1) is 24.3. The SMILES string of the molecule is CC(C)n1cc(-c2ccc(OC(F)F)cc2)c2c(N)nc(Nc3ccc(S(C)(=O)=O)cc3F)nc21. The summed E-state index contributed by atoms with van der Waals surface area (Å²) in [6.45, 7) is 0.960. The smallest absolute Gasteiger partial charge is 0.387 e. The van der Waals surface area contributed by atoms with Gasteiger partial charge in [0.2, 0.25) is 5.95 Å². The van der Waals surface area contributed by atoms with Gasteiger partial charge in [-0.15, -0.1) is 0 Å². The van der Waals surface area contributed by atoms with E-state index >= 15 is 0 Å². The van der Waals surface area contributed by atoms with Crippen molar-refractivity contribution < 1.29 is 26.3 Å². The molecule has 35 heavy (non-hydrogen) atoms. The molecule has 12 heteroatoms. The molecule has 8 nitrogen and oxygen atoms in total.